The Bertz CT molecular complexity index is 442. The van der Waals surface area contributed by atoms with E-state index in [1.54, 1.807) is 0 Å². The molecule has 2 rings (SSSR count). The molecule has 0 radical (unpaired) electrons. The average molecular weight is 264 g/mol. The number of hydrogen-bond acceptors (Lipinski definition) is 3. The summed E-state index contributed by atoms with van der Waals surface area (Å²) in [4.78, 5) is 32.3. The van der Waals surface area contributed by atoms with Crippen LogP contribution >= 0.6 is 0 Å². The minimum absolute atomic E-state index is 0.00191. The summed E-state index contributed by atoms with van der Waals surface area (Å²) in [5.41, 5.74) is 0.451. The molecule has 1 atom stereocenters. The first-order valence-electron chi connectivity index (χ1n) is 6.66. The average Bonchev–Trinajstić information content (AvgIpc) is 2.92. The van der Waals surface area contributed by atoms with Crippen LogP contribution in [-0.2, 0) is 4.79 Å². The summed E-state index contributed by atoms with van der Waals surface area (Å²) >= 11 is 0. The molecule has 0 aromatic carbocycles. The van der Waals surface area contributed by atoms with Crippen LogP contribution in [0.15, 0.2) is 12.5 Å². The van der Waals surface area contributed by atoms with Gasteiger partial charge in [0.15, 0.2) is 0 Å². The molecular weight excluding hydrogens is 244 g/mol. The van der Waals surface area contributed by atoms with Crippen molar-refractivity contribution in [1.29, 1.82) is 0 Å². The number of hydrogen-bond donors (Lipinski definition) is 2. The molecule has 1 aliphatic heterocycles. The van der Waals surface area contributed by atoms with E-state index in [1.807, 2.05) is 18.7 Å². The minimum atomic E-state index is -0.165. The fourth-order valence-electron chi connectivity index (χ4n) is 2.30. The first kappa shape index (κ1) is 13.6. The van der Waals surface area contributed by atoms with E-state index in [1.165, 1.54) is 12.5 Å². The second-order valence-corrected chi connectivity index (χ2v) is 5.22. The molecule has 0 spiro atoms. The van der Waals surface area contributed by atoms with E-state index in [9.17, 15) is 9.59 Å². The van der Waals surface area contributed by atoms with Crippen molar-refractivity contribution in [3.8, 4) is 0 Å². The van der Waals surface area contributed by atoms with E-state index in [0.29, 0.717) is 12.2 Å². The fraction of sp³-hybridized carbons (Fsp3) is 0.615. The maximum Gasteiger partial charge on any atom is 0.269 e. The molecule has 0 saturated carbocycles. The standard InChI is InChI=1S/C13H20N4O2/c1-9(2)13(19)17-5-3-4-10(7-17)16-12(18)11-6-14-8-15-11/h6,8-10H,3-5,7H2,1-2H3,(H,14,15)(H,16,18)/t10-/m1/s1. The van der Waals surface area contributed by atoms with E-state index < -0.39 is 0 Å². The van der Waals surface area contributed by atoms with Crippen LogP contribution in [0.3, 0.4) is 0 Å². The Morgan fingerprint density at radius 3 is 2.95 bits per heavy atom. The highest BCUT2D eigenvalue weighted by atomic mass is 16.2. The summed E-state index contributed by atoms with van der Waals surface area (Å²) in [6.45, 7) is 5.18. The van der Waals surface area contributed by atoms with Crippen LogP contribution in [0.1, 0.15) is 37.2 Å². The van der Waals surface area contributed by atoms with Crippen LogP contribution in [0.5, 0.6) is 0 Å². The number of piperidine rings is 1. The third-order valence-electron chi connectivity index (χ3n) is 3.31. The number of aromatic amines is 1. The lowest BCUT2D eigenvalue weighted by Crippen LogP contribution is -2.50. The first-order valence-corrected chi connectivity index (χ1v) is 6.66. The smallest absolute Gasteiger partial charge is 0.269 e. The number of carbonyl (C=O) groups is 2. The zero-order valence-corrected chi connectivity index (χ0v) is 11.3. The number of carbonyl (C=O) groups excluding carboxylic acids is 2. The van der Waals surface area contributed by atoms with Gasteiger partial charge in [-0.15, -0.1) is 0 Å². The maximum absolute atomic E-state index is 12.0. The van der Waals surface area contributed by atoms with Crippen LogP contribution < -0.4 is 5.32 Å². The molecule has 1 aliphatic rings. The van der Waals surface area contributed by atoms with Crippen LogP contribution in [0, 0.1) is 5.92 Å². The largest absolute Gasteiger partial charge is 0.346 e. The number of aromatic nitrogens is 2. The van der Waals surface area contributed by atoms with Gasteiger partial charge in [0.2, 0.25) is 5.91 Å². The lowest BCUT2D eigenvalue weighted by Gasteiger charge is -2.34. The molecule has 2 N–H and O–H groups in total. The number of likely N-dealkylation sites (tertiary alicyclic amines) is 1. The quantitative estimate of drug-likeness (QED) is 0.847. The number of imidazole rings is 1. The van der Waals surface area contributed by atoms with Gasteiger partial charge in [-0.05, 0) is 12.8 Å². The summed E-state index contributed by atoms with van der Waals surface area (Å²) < 4.78 is 0. The zero-order chi connectivity index (χ0) is 13.8. The van der Waals surface area contributed by atoms with Crippen molar-refractivity contribution in [2.75, 3.05) is 13.1 Å². The van der Waals surface area contributed by atoms with E-state index in [0.717, 1.165) is 19.4 Å². The zero-order valence-electron chi connectivity index (χ0n) is 11.3. The van der Waals surface area contributed by atoms with Crippen molar-refractivity contribution >= 4 is 11.8 Å². The lowest BCUT2D eigenvalue weighted by molar-refractivity contribution is -0.135. The molecule has 0 aliphatic carbocycles. The van der Waals surface area contributed by atoms with Gasteiger partial charge in [-0.25, -0.2) is 4.98 Å². The Kier molecular flexibility index (Phi) is 4.19. The molecule has 2 amide bonds. The maximum atomic E-state index is 12.0. The highest BCUT2D eigenvalue weighted by molar-refractivity contribution is 5.92. The summed E-state index contributed by atoms with van der Waals surface area (Å²) in [6, 6.07) is 0.0206. The van der Waals surface area contributed by atoms with Crippen molar-refractivity contribution in [1.82, 2.24) is 20.2 Å². The topological polar surface area (TPSA) is 78.1 Å². The van der Waals surface area contributed by atoms with Crippen LogP contribution in [0.25, 0.3) is 0 Å². The Morgan fingerprint density at radius 2 is 2.32 bits per heavy atom. The predicted octanol–water partition coefficient (Wildman–Crippen LogP) is 0.786. The van der Waals surface area contributed by atoms with Crippen molar-refractivity contribution in [3.63, 3.8) is 0 Å². The Labute approximate surface area is 112 Å². The normalized spacial score (nSPS) is 19.5. The van der Waals surface area contributed by atoms with Crippen molar-refractivity contribution in [3.05, 3.63) is 18.2 Å². The van der Waals surface area contributed by atoms with Gasteiger partial charge in [-0.2, -0.15) is 0 Å². The fourth-order valence-corrected chi connectivity index (χ4v) is 2.30. The van der Waals surface area contributed by atoms with Gasteiger partial charge in [-0.1, -0.05) is 13.8 Å². The number of rotatable bonds is 3. The van der Waals surface area contributed by atoms with E-state index >= 15 is 0 Å². The summed E-state index contributed by atoms with van der Waals surface area (Å²) in [6.07, 6.45) is 4.80. The van der Waals surface area contributed by atoms with Crippen LogP contribution in [0.2, 0.25) is 0 Å². The van der Waals surface area contributed by atoms with E-state index in [2.05, 4.69) is 15.3 Å². The van der Waals surface area contributed by atoms with E-state index in [4.69, 9.17) is 0 Å². The Morgan fingerprint density at radius 1 is 1.53 bits per heavy atom. The third-order valence-corrected chi connectivity index (χ3v) is 3.31. The van der Waals surface area contributed by atoms with Gasteiger partial charge in [0.05, 0.1) is 12.5 Å². The van der Waals surface area contributed by atoms with Crippen molar-refractivity contribution < 1.29 is 9.59 Å². The van der Waals surface area contributed by atoms with Crippen LogP contribution in [-0.4, -0.2) is 45.8 Å². The monoisotopic (exact) mass is 264 g/mol. The first-order chi connectivity index (χ1) is 9.08. The van der Waals surface area contributed by atoms with Gasteiger partial charge in [0.1, 0.15) is 5.69 Å². The van der Waals surface area contributed by atoms with Crippen molar-refractivity contribution in [2.45, 2.75) is 32.7 Å². The molecular formula is C13H20N4O2. The molecule has 1 saturated heterocycles. The molecule has 0 bridgehead atoms. The second-order valence-electron chi connectivity index (χ2n) is 5.22. The van der Waals surface area contributed by atoms with Gasteiger partial charge in [-0.3, -0.25) is 9.59 Å². The van der Waals surface area contributed by atoms with Gasteiger partial charge < -0.3 is 15.2 Å². The lowest BCUT2D eigenvalue weighted by atomic mass is 10.0. The van der Waals surface area contributed by atoms with Crippen LogP contribution in [0.4, 0.5) is 0 Å². The third kappa shape index (κ3) is 3.33. The number of H-pyrrole nitrogens is 1. The molecule has 19 heavy (non-hydrogen) atoms. The van der Waals surface area contributed by atoms with Crippen molar-refractivity contribution in [2.24, 2.45) is 5.92 Å². The predicted molar refractivity (Wildman–Crippen MR) is 70.5 cm³/mol. The van der Waals surface area contributed by atoms with Gasteiger partial charge in [0, 0.05) is 25.0 Å². The SMILES string of the molecule is CC(C)C(=O)N1CCC[C@@H](NC(=O)c2cnc[nH]2)C1. The number of nitrogens with one attached hydrogen (secondary N) is 2. The Hall–Kier alpha value is -1.85. The molecule has 1 aromatic rings. The van der Waals surface area contributed by atoms with Gasteiger partial charge >= 0.3 is 0 Å². The Balaban J connectivity index is 1.91. The van der Waals surface area contributed by atoms with E-state index in [-0.39, 0.29) is 23.8 Å². The highest BCUT2D eigenvalue weighted by Crippen LogP contribution is 2.13. The molecule has 1 fully saturated rings. The number of amides is 2. The second kappa shape index (κ2) is 5.86. The molecule has 6 nitrogen and oxygen atoms in total. The minimum Gasteiger partial charge on any atom is -0.346 e. The summed E-state index contributed by atoms with van der Waals surface area (Å²) in [7, 11) is 0. The molecule has 0 unspecified atom stereocenters. The highest BCUT2D eigenvalue weighted by Gasteiger charge is 2.26. The molecule has 104 valence electrons. The van der Waals surface area contributed by atoms with Gasteiger partial charge in [0.25, 0.3) is 5.91 Å². The molecule has 6 heteroatoms. The summed E-state index contributed by atoms with van der Waals surface area (Å²) in [5, 5.41) is 2.94. The molecule has 2 heterocycles. The molecule has 1 aromatic heterocycles. The number of nitrogens with zero attached hydrogens (tertiary/aromatic N) is 2. The summed E-state index contributed by atoms with van der Waals surface area (Å²) in [5.74, 6) is -0.0103.